The number of anilines is 3. The van der Waals surface area contributed by atoms with Crippen LogP contribution in [0, 0.1) is 20.8 Å². The lowest BCUT2D eigenvalue weighted by molar-refractivity contribution is 0.414. The number of methoxy groups -OCH3 is 1. The van der Waals surface area contributed by atoms with Crippen molar-refractivity contribution in [2.45, 2.75) is 20.8 Å². The molecule has 0 fully saturated rings. The third-order valence-electron chi connectivity index (χ3n) is 3.18. The average molecular weight is 272 g/mol. The fourth-order valence-electron chi connectivity index (χ4n) is 2.02. The molecule has 0 amide bonds. The van der Waals surface area contributed by atoms with Gasteiger partial charge in [-0.2, -0.15) is 0 Å². The molecule has 0 spiro atoms. The summed E-state index contributed by atoms with van der Waals surface area (Å²) in [6, 6.07) is 5.91. The highest BCUT2D eigenvalue weighted by Gasteiger charge is 2.09. The van der Waals surface area contributed by atoms with Gasteiger partial charge in [0.05, 0.1) is 7.11 Å². The number of ether oxygens (including phenoxy) is 1. The molecule has 5 heteroatoms. The summed E-state index contributed by atoms with van der Waals surface area (Å²) < 4.78 is 5.22. The van der Waals surface area contributed by atoms with Gasteiger partial charge in [-0.25, -0.2) is 9.97 Å². The van der Waals surface area contributed by atoms with Gasteiger partial charge in [0.1, 0.15) is 23.2 Å². The van der Waals surface area contributed by atoms with Crippen LogP contribution in [0.15, 0.2) is 18.2 Å². The molecule has 0 aliphatic carbocycles. The molecule has 0 atom stereocenters. The van der Waals surface area contributed by atoms with Crippen molar-refractivity contribution in [1.82, 2.24) is 9.97 Å². The predicted octanol–water partition coefficient (Wildman–Crippen LogP) is 3.20. The first-order valence-corrected chi connectivity index (χ1v) is 6.49. The highest BCUT2D eigenvalue weighted by Crippen LogP contribution is 2.27. The molecule has 2 aromatic rings. The summed E-state index contributed by atoms with van der Waals surface area (Å²) in [6.45, 7) is 5.91. The van der Waals surface area contributed by atoms with Crippen LogP contribution in [0.5, 0.6) is 5.75 Å². The van der Waals surface area contributed by atoms with Crippen LogP contribution in [0.1, 0.15) is 17.0 Å². The Labute approximate surface area is 119 Å². The van der Waals surface area contributed by atoms with E-state index in [1.54, 1.807) is 7.11 Å². The summed E-state index contributed by atoms with van der Waals surface area (Å²) in [5.41, 5.74) is 3.10. The lowest BCUT2D eigenvalue weighted by Gasteiger charge is -2.14. The van der Waals surface area contributed by atoms with Crippen molar-refractivity contribution in [1.29, 1.82) is 0 Å². The summed E-state index contributed by atoms with van der Waals surface area (Å²) in [4.78, 5) is 8.83. The molecular weight excluding hydrogens is 252 g/mol. The van der Waals surface area contributed by atoms with E-state index in [0.29, 0.717) is 0 Å². The molecule has 106 valence electrons. The van der Waals surface area contributed by atoms with Crippen LogP contribution < -0.4 is 15.4 Å². The van der Waals surface area contributed by atoms with Crippen molar-refractivity contribution in [3.05, 3.63) is 35.2 Å². The second kappa shape index (κ2) is 5.77. The third kappa shape index (κ3) is 2.82. The van der Waals surface area contributed by atoms with Gasteiger partial charge >= 0.3 is 0 Å². The van der Waals surface area contributed by atoms with E-state index in [1.807, 2.05) is 46.0 Å². The zero-order chi connectivity index (χ0) is 14.7. The molecule has 2 N–H and O–H groups in total. The Morgan fingerprint density at radius 2 is 1.75 bits per heavy atom. The summed E-state index contributed by atoms with van der Waals surface area (Å²) in [7, 11) is 3.52. The van der Waals surface area contributed by atoms with E-state index in [-0.39, 0.29) is 0 Å². The Hall–Kier alpha value is -2.30. The number of benzene rings is 1. The second-order valence-corrected chi connectivity index (χ2v) is 4.65. The third-order valence-corrected chi connectivity index (χ3v) is 3.18. The molecular formula is C15H20N4O. The quantitative estimate of drug-likeness (QED) is 0.895. The molecule has 1 aromatic carbocycles. The second-order valence-electron chi connectivity index (χ2n) is 4.65. The van der Waals surface area contributed by atoms with E-state index in [4.69, 9.17) is 4.74 Å². The molecule has 0 aliphatic rings. The van der Waals surface area contributed by atoms with Crippen molar-refractivity contribution in [3.8, 4) is 5.75 Å². The number of rotatable bonds is 4. The van der Waals surface area contributed by atoms with E-state index in [9.17, 15) is 0 Å². The van der Waals surface area contributed by atoms with E-state index in [0.717, 1.165) is 40.0 Å². The smallest absolute Gasteiger partial charge is 0.139 e. The van der Waals surface area contributed by atoms with Crippen LogP contribution in [0.3, 0.4) is 0 Å². The minimum absolute atomic E-state index is 0.730. The lowest BCUT2D eigenvalue weighted by Crippen LogP contribution is -2.05. The molecule has 0 aliphatic heterocycles. The summed E-state index contributed by atoms with van der Waals surface area (Å²) in [6.07, 6.45) is 0. The van der Waals surface area contributed by atoms with Gasteiger partial charge in [0.25, 0.3) is 0 Å². The van der Waals surface area contributed by atoms with E-state index < -0.39 is 0 Å². The topological polar surface area (TPSA) is 59.1 Å². The Balaban J connectivity index is 2.37. The maximum absolute atomic E-state index is 5.22. The molecule has 1 aromatic heterocycles. The number of nitrogens with one attached hydrogen (secondary N) is 2. The van der Waals surface area contributed by atoms with Crippen LogP contribution in [-0.2, 0) is 0 Å². The van der Waals surface area contributed by atoms with Crippen molar-refractivity contribution in [2.24, 2.45) is 0 Å². The van der Waals surface area contributed by atoms with Gasteiger partial charge < -0.3 is 15.4 Å². The zero-order valence-electron chi connectivity index (χ0n) is 12.5. The Bertz CT molecular complexity index is 626. The maximum atomic E-state index is 5.22. The maximum Gasteiger partial charge on any atom is 0.139 e. The molecule has 0 saturated heterocycles. The highest BCUT2D eigenvalue weighted by atomic mass is 16.5. The molecule has 0 unspecified atom stereocenters. The van der Waals surface area contributed by atoms with Gasteiger partial charge in [-0.1, -0.05) is 0 Å². The molecule has 20 heavy (non-hydrogen) atoms. The summed E-state index contributed by atoms with van der Waals surface area (Å²) in [5.74, 6) is 3.23. The molecule has 2 rings (SSSR count). The van der Waals surface area contributed by atoms with Crippen molar-refractivity contribution >= 4 is 17.3 Å². The molecule has 0 bridgehead atoms. The van der Waals surface area contributed by atoms with Gasteiger partial charge in [-0.3, -0.25) is 0 Å². The summed E-state index contributed by atoms with van der Waals surface area (Å²) >= 11 is 0. The molecule has 0 radical (unpaired) electrons. The molecule has 5 nitrogen and oxygen atoms in total. The first-order valence-electron chi connectivity index (χ1n) is 6.49. The van der Waals surface area contributed by atoms with Crippen molar-refractivity contribution in [3.63, 3.8) is 0 Å². The van der Waals surface area contributed by atoms with Crippen LogP contribution in [0.2, 0.25) is 0 Å². The van der Waals surface area contributed by atoms with Crippen LogP contribution in [0.25, 0.3) is 0 Å². The van der Waals surface area contributed by atoms with E-state index in [1.165, 1.54) is 0 Å². The zero-order valence-corrected chi connectivity index (χ0v) is 12.5. The standard InChI is InChI=1S/C15H20N4O/c1-9-8-12(20-5)6-7-13(9)19-15-10(2)14(16-4)17-11(3)18-15/h6-8H,1-5H3,(H2,16,17,18,19). The van der Waals surface area contributed by atoms with Crippen molar-refractivity contribution in [2.75, 3.05) is 24.8 Å². The number of hydrogen-bond acceptors (Lipinski definition) is 5. The van der Waals surface area contributed by atoms with Gasteiger partial charge in [-0.05, 0) is 44.5 Å². The minimum atomic E-state index is 0.730. The first kappa shape index (κ1) is 14.1. The Morgan fingerprint density at radius 3 is 2.35 bits per heavy atom. The van der Waals surface area contributed by atoms with Gasteiger partial charge in [0, 0.05) is 18.3 Å². The van der Waals surface area contributed by atoms with Crippen LogP contribution in [-0.4, -0.2) is 24.1 Å². The number of hydrogen-bond donors (Lipinski definition) is 2. The fraction of sp³-hybridized carbons (Fsp3) is 0.333. The Kier molecular flexibility index (Phi) is 4.08. The Morgan fingerprint density at radius 1 is 1.05 bits per heavy atom. The van der Waals surface area contributed by atoms with Crippen LogP contribution >= 0.6 is 0 Å². The van der Waals surface area contributed by atoms with Crippen molar-refractivity contribution < 1.29 is 4.74 Å². The van der Waals surface area contributed by atoms with E-state index in [2.05, 4.69) is 20.6 Å². The molecule has 0 saturated carbocycles. The minimum Gasteiger partial charge on any atom is -0.497 e. The summed E-state index contributed by atoms with van der Waals surface area (Å²) in [5, 5.41) is 6.44. The predicted molar refractivity (Wildman–Crippen MR) is 82.1 cm³/mol. The monoisotopic (exact) mass is 272 g/mol. The number of aryl methyl sites for hydroxylation is 2. The number of nitrogens with zero attached hydrogens (tertiary/aromatic N) is 2. The largest absolute Gasteiger partial charge is 0.497 e. The van der Waals surface area contributed by atoms with Gasteiger partial charge in [0.15, 0.2) is 0 Å². The number of aromatic nitrogens is 2. The average Bonchev–Trinajstić information content (AvgIpc) is 2.44. The SMILES string of the molecule is CNc1nc(C)nc(Nc2ccc(OC)cc2C)c1C. The molecule has 1 heterocycles. The fourth-order valence-corrected chi connectivity index (χ4v) is 2.02. The van der Waals surface area contributed by atoms with Crippen LogP contribution in [0.4, 0.5) is 17.3 Å². The highest BCUT2D eigenvalue weighted by molar-refractivity contribution is 5.67. The lowest BCUT2D eigenvalue weighted by atomic mass is 10.2. The van der Waals surface area contributed by atoms with Gasteiger partial charge in [0.2, 0.25) is 0 Å². The van der Waals surface area contributed by atoms with E-state index >= 15 is 0 Å². The van der Waals surface area contributed by atoms with Gasteiger partial charge in [-0.15, -0.1) is 0 Å². The first-order chi connectivity index (χ1) is 9.55. The normalized spacial score (nSPS) is 10.2.